The van der Waals surface area contributed by atoms with Gasteiger partial charge >= 0.3 is 0 Å². The van der Waals surface area contributed by atoms with Crippen LogP contribution in [-0.2, 0) is 13.1 Å². The molecule has 1 N–H and O–H groups in total. The van der Waals surface area contributed by atoms with Crippen LogP contribution in [0.25, 0.3) is 11.0 Å². The topological polar surface area (TPSA) is 29.9 Å². The van der Waals surface area contributed by atoms with Crippen molar-refractivity contribution in [1.82, 2.24) is 14.9 Å². The molecule has 0 bridgehead atoms. The summed E-state index contributed by atoms with van der Waals surface area (Å²) in [5.74, 6) is 1.11. The van der Waals surface area contributed by atoms with Gasteiger partial charge in [-0.2, -0.15) is 0 Å². The number of benzene rings is 1. The highest BCUT2D eigenvalue weighted by molar-refractivity contribution is 6.31. The van der Waals surface area contributed by atoms with Gasteiger partial charge in [0.1, 0.15) is 5.82 Å². The van der Waals surface area contributed by atoms with Crippen molar-refractivity contribution < 1.29 is 0 Å². The number of hydrogen-bond donors (Lipinski definition) is 1. The molecule has 0 spiro atoms. The van der Waals surface area contributed by atoms with E-state index in [1.54, 1.807) is 0 Å². The van der Waals surface area contributed by atoms with Gasteiger partial charge < -0.3 is 9.88 Å². The van der Waals surface area contributed by atoms with E-state index in [9.17, 15) is 0 Å². The summed E-state index contributed by atoms with van der Waals surface area (Å²) in [6.45, 7) is 4.95. The Hall–Kier alpha value is -1.06. The summed E-state index contributed by atoms with van der Waals surface area (Å²) in [6.07, 6.45) is 0. The first-order valence-electron chi connectivity index (χ1n) is 5.11. The highest BCUT2D eigenvalue weighted by Gasteiger charge is 2.15. The quantitative estimate of drug-likeness (QED) is 0.739. The molecule has 0 radical (unpaired) electrons. The molecule has 3 nitrogen and oxygen atoms in total. The van der Waals surface area contributed by atoms with Gasteiger partial charge in [0.05, 0.1) is 17.6 Å². The Morgan fingerprint density at radius 3 is 3.20 bits per heavy atom. The van der Waals surface area contributed by atoms with Gasteiger partial charge in [-0.3, -0.25) is 0 Å². The Bertz CT molecular complexity index is 530. The number of imidazole rings is 1. The molecule has 0 saturated heterocycles. The second-order valence-corrected chi connectivity index (χ2v) is 4.38. The van der Waals surface area contributed by atoms with E-state index in [0.29, 0.717) is 0 Å². The molecule has 0 aliphatic carbocycles. The second kappa shape index (κ2) is 3.22. The Kier molecular flexibility index (Phi) is 1.97. The molecular weight excluding hydrogens is 210 g/mol. The number of aryl methyl sites for hydroxylation is 1. The van der Waals surface area contributed by atoms with Crippen molar-refractivity contribution in [3.05, 3.63) is 28.5 Å². The number of aromatic nitrogens is 2. The maximum absolute atomic E-state index is 6.02. The van der Waals surface area contributed by atoms with E-state index < -0.39 is 0 Å². The lowest BCUT2D eigenvalue weighted by molar-refractivity contribution is 0.514. The van der Waals surface area contributed by atoms with Crippen molar-refractivity contribution in [1.29, 1.82) is 0 Å². The standard InChI is InChI=1S/C11H12ClN3/c1-7-4-8(12)5-9-11(7)15-3-2-13-6-10(15)14-9/h4-5,13H,2-3,6H2,1H3. The Morgan fingerprint density at radius 1 is 1.47 bits per heavy atom. The average molecular weight is 222 g/mol. The van der Waals surface area contributed by atoms with E-state index in [-0.39, 0.29) is 0 Å². The summed E-state index contributed by atoms with van der Waals surface area (Å²) in [5, 5.41) is 4.09. The summed E-state index contributed by atoms with van der Waals surface area (Å²) in [5.41, 5.74) is 3.45. The minimum absolute atomic E-state index is 0.767. The van der Waals surface area contributed by atoms with Crippen LogP contribution in [0, 0.1) is 6.92 Å². The number of hydrogen-bond acceptors (Lipinski definition) is 2. The normalized spacial score (nSPS) is 15.6. The van der Waals surface area contributed by atoms with Crippen molar-refractivity contribution in [2.24, 2.45) is 0 Å². The van der Waals surface area contributed by atoms with Crippen LogP contribution < -0.4 is 5.32 Å². The fourth-order valence-electron chi connectivity index (χ4n) is 2.25. The van der Waals surface area contributed by atoms with E-state index in [1.165, 1.54) is 11.1 Å². The van der Waals surface area contributed by atoms with Crippen molar-refractivity contribution in [2.45, 2.75) is 20.0 Å². The maximum Gasteiger partial charge on any atom is 0.123 e. The number of rotatable bonds is 0. The maximum atomic E-state index is 6.02. The Morgan fingerprint density at radius 2 is 2.33 bits per heavy atom. The molecule has 15 heavy (non-hydrogen) atoms. The van der Waals surface area contributed by atoms with Crippen LogP contribution in [-0.4, -0.2) is 16.1 Å². The predicted octanol–water partition coefficient (Wildman–Crippen LogP) is 2.10. The Balaban J connectivity index is 2.37. The molecule has 0 amide bonds. The molecule has 2 heterocycles. The number of nitrogens with one attached hydrogen (secondary N) is 1. The fraction of sp³-hybridized carbons (Fsp3) is 0.364. The highest BCUT2D eigenvalue weighted by Crippen LogP contribution is 2.25. The molecule has 4 heteroatoms. The molecule has 2 aromatic rings. The largest absolute Gasteiger partial charge is 0.325 e. The Labute approximate surface area is 93.1 Å². The molecule has 1 aromatic heterocycles. The summed E-state index contributed by atoms with van der Waals surface area (Å²) in [6, 6.07) is 3.94. The molecule has 0 fully saturated rings. The molecule has 1 aliphatic rings. The second-order valence-electron chi connectivity index (χ2n) is 3.95. The summed E-state index contributed by atoms with van der Waals surface area (Å²) in [4.78, 5) is 4.59. The predicted molar refractivity (Wildman–Crippen MR) is 61.2 cm³/mol. The molecule has 3 rings (SSSR count). The fourth-order valence-corrected chi connectivity index (χ4v) is 2.52. The SMILES string of the molecule is Cc1cc(Cl)cc2nc3n(c12)CCNC3. The van der Waals surface area contributed by atoms with Crippen LogP contribution in [0.3, 0.4) is 0 Å². The van der Waals surface area contributed by atoms with E-state index in [4.69, 9.17) is 11.6 Å². The number of halogens is 1. The van der Waals surface area contributed by atoms with E-state index in [1.807, 2.05) is 12.1 Å². The van der Waals surface area contributed by atoms with Gasteiger partial charge in [-0.15, -0.1) is 0 Å². The third-order valence-corrected chi connectivity index (χ3v) is 3.09. The third-order valence-electron chi connectivity index (χ3n) is 2.87. The lowest BCUT2D eigenvalue weighted by Gasteiger charge is -2.16. The zero-order valence-electron chi connectivity index (χ0n) is 8.55. The number of nitrogens with zero attached hydrogens (tertiary/aromatic N) is 2. The van der Waals surface area contributed by atoms with Gasteiger partial charge in [0.25, 0.3) is 0 Å². The van der Waals surface area contributed by atoms with Gasteiger partial charge in [0.15, 0.2) is 0 Å². The third kappa shape index (κ3) is 1.34. The van der Waals surface area contributed by atoms with E-state index in [0.717, 1.165) is 36.0 Å². The minimum atomic E-state index is 0.767. The lowest BCUT2D eigenvalue weighted by atomic mass is 10.2. The van der Waals surface area contributed by atoms with Crippen LogP contribution in [0.15, 0.2) is 12.1 Å². The lowest BCUT2D eigenvalue weighted by Crippen LogP contribution is -2.28. The first-order valence-corrected chi connectivity index (χ1v) is 5.49. The van der Waals surface area contributed by atoms with Crippen molar-refractivity contribution in [3.63, 3.8) is 0 Å². The van der Waals surface area contributed by atoms with Crippen LogP contribution in [0.2, 0.25) is 5.02 Å². The molecule has 0 saturated carbocycles. The van der Waals surface area contributed by atoms with Crippen LogP contribution in [0.4, 0.5) is 0 Å². The molecule has 1 aliphatic heterocycles. The summed E-state index contributed by atoms with van der Waals surface area (Å²) < 4.78 is 2.29. The van der Waals surface area contributed by atoms with Gasteiger partial charge in [-0.25, -0.2) is 4.98 Å². The van der Waals surface area contributed by atoms with Crippen molar-refractivity contribution >= 4 is 22.6 Å². The summed E-state index contributed by atoms with van der Waals surface area (Å²) >= 11 is 6.02. The van der Waals surface area contributed by atoms with Gasteiger partial charge in [-0.05, 0) is 24.6 Å². The van der Waals surface area contributed by atoms with E-state index in [2.05, 4.69) is 21.8 Å². The van der Waals surface area contributed by atoms with Gasteiger partial charge in [-0.1, -0.05) is 11.6 Å². The minimum Gasteiger partial charge on any atom is -0.325 e. The molecule has 0 unspecified atom stereocenters. The van der Waals surface area contributed by atoms with Crippen LogP contribution in [0.1, 0.15) is 11.4 Å². The van der Waals surface area contributed by atoms with Gasteiger partial charge in [0.2, 0.25) is 0 Å². The molecule has 0 atom stereocenters. The van der Waals surface area contributed by atoms with E-state index >= 15 is 0 Å². The number of fused-ring (bicyclic) bond motifs is 3. The monoisotopic (exact) mass is 221 g/mol. The smallest absolute Gasteiger partial charge is 0.123 e. The zero-order valence-corrected chi connectivity index (χ0v) is 9.30. The van der Waals surface area contributed by atoms with Gasteiger partial charge in [0, 0.05) is 18.1 Å². The van der Waals surface area contributed by atoms with Crippen LogP contribution in [0.5, 0.6) is 0 Å². The molecule has 1 aromatic carbocycles. The average Bonchev–Trinajstić information content (AvgIpc) is 2.54. The van der Waals surface area contributed by atoms with Crippen molar-refractivity contribution in [2.75, 3.05) is 6.54 Å². The molecule has 78 valence electrons. The highest BCUT2D eigenvalue weighted by atomic mass is 35.5. The van der Waals surface area contributed by atoms with Crippen molar-refractivity contribution in [3.8, 4) is 0 Å². The summed E-state index contributed by atoms with van der Waals surface area (Å²) in [7, 11) is 0. The first kappa shape index (κ1) is 9.19. The molecular formula is C11H12ClN3. The first-order chi connectivity index (χ1) is 7.25. The zero-order chi connectivity index (χ0) is 10.4. The van der Waals surface area contributed by atoms with Crippen LogP contribution >= 0.6 is 11.6 Å².